The van der Waals surface area contributed by atoms with E-state index in [9.17, 15) is 4.79 Å². The quantitative estimate of drug-likeness (QED) is 0.839. The van der Waals surface area contributed by atoms with Gasteiger partial charge in [0.15, 0.2) is 0 Å². The average molecular weight is 244 g/mol. The minimum absolute atomic E-state index is 0.0214. The van der Waals surface area contributed by atoms with Crippen LogP contribution in [0.15, 0.2) is 24.3 Å². The standard InChI is InChI=1S/C15H20N2O/c1-15(8-4-5-9-15)17-14(18)13-10-11-6-2-3-7-12(11)16-13/h2-3,6-7,13,16H,4-5,8-10H2,1H3,(H,17,18)/t13-/m0/s1. The largest absolute Gasteiger partial charge is 0.373 e. The van der Waals surface area contributed by atoms with Crippen LogP contribution in [0, 0.1) is 0 Å². The van der Waals surface area contributed by atoms with Crippen LogP contribution in [-0.2, 0) is 11.2 Å². The van der Waals surface area contributed by atoms with Crippen molar-refractivity contribution in [2.24, 2.45) is 0 Å². The molecular weight excluding hydrogens is 224 g/mol. The van der Waals surface area contributed by atoms with Crippen molar-refractivity contribution in [2.75, 3.05) is 5.32 Å². The molecule has 96 valence electrons. The van der Waals surface area contributed by atoms with Gasteiger partial charge in [-0.25, -0.2) is 0 Å². The highest BCUT2D eigenvalue weighted by Gasteiger charge is 2.34. The first kappa shape index (κ1) is 11.6. The van der Waals surface area contributed by atoms with Crippen LogP contribution in [0.25, 0.3) is 0 Å². The van der Waals surface area contributed by atoms with Crippen molar-refractivity contribution >= 4 is 11.6 Å². The van der Waals surface area contributed by atoms with Gasteiger partial charge in [0, 0.05) is 17.6 Å². The molecule has 3 rings (SSSR count). The Morgan fingerprint density at radius 1 is 1.33 bits per heavy atom. The third kappa shape index (κ3) is 2.09. The maximum atomic E-state index is 12.3. The van der Waals surface area contributed by atoms with Gasteiger partial charge in [0.2, 0.25) is 5.91 Å². The molecule has 1 aromatic rings. The van der Waals surface area contributed by atoms with E-state index in [-0.39, 0.29) is 17.5 Å². The van der Waals surface area contributed by atoms with E-state index < -0.39 is 0 Å². The number of benzene rings is 1. The molecule has 1 fully saturated rings. The number of amides is 1. The van der Waals surface area contributed by atoms with Gasteiger partial charge >= 0.3 is 0 Å². The van der Waals surface area contributed by atoms with Crippen LogP contribution in [-0.4, -0.2) is 17.5 Å². The molecule has 1 aliphatic carbocycles. The smallest absolute Gasteiger partial charge is 0.243 e. The van der Waals surface area contributed by atoms with Crippen LogP contribution < -0.4 is 10.6 Å². The molecule has 18 heavy (non-hydrogen) atoms. The van der Waals surface area contributed by atoms with Gasteiger partial charge in [-0.2, -0.15) is 0 Å². The molecule has 3 nitrogen and oxygen atoms in total. The van der Waals surface area contributed by atoms with Crippen LogP contribution in [0.5, 0.6) is 0 Å². The van der Waals surface area contributed by atoms with Gasteiger partial charge < -0.3 is 10.6 Å². The number of rotatable bonds is 2. The van der Waals surface area contributed by atoms with E-state index in [1.807, 2.05) is 18.2 Å². The third-order valence-electron chi connectivity index (χ3n) is 4.22. The maximum absolute atomic E-state index is 12.3. The van der Waals surface area contributed by atoms with E-state index in [4.69, 9.17) is 0 Å². The minimum atomic E-state index is -0.0974. The monoisotopic (exact) mass is 244 g/mol. The molecular formula is C15H20N2O. The molecule has 0 saturated heterocycles. The van der Waals surface area contributed by atoms with Crippen molar-refractivity contribution in [2.45, 2.75) is 50.6 Å². The Labute approximate surface area is 108 Å². The summed E-state index contributed by atoms with van der Waals surface area (Å²) in [5, 5.41) is 6.54. The summed E-state index contributed by atoms with van der Waals surface area (Å²) in [6.45, 7) is 2.17. The molecule has 0 spiro atoms. The number of para-hydroxylation sites is 1. The third-order valence-corrected chi connectivity index (χ3v) is 4.22. The highest BCUT2D eigenvalue weighted by atomic mass is 16.2. The zero-order valence-corrected chi connectivity index (χ0v) is 10.8. The highest BCUT2D eigenvalue weighted by molar-refractivity contribution is 5.87. The van der Waals surface area contributed by atoms with Crippen molar-refractivity contribution in [3.63, 3.8) is 0 Å². The lowest BCUT2D eigenvalue weighted by Gasteiger charge is -2.27. The SMILES string of the molecule is CC1(NC(=O)[C@@H]2Cc3ccccc3N2)CCCC1. The summed E-state index contributed by atoms with van der Waals surface area (Å²) in [6.07, 6.45) is 5.49. The number of nitrogens with one attached hydrogen (secondary N) is 2. The first-order valence-electron chi connectivity index (χ1n) is 6.83. The molecule has 1 aliphatic heterocycles. The molecule has 1 amide bonds. The molecule has 0 radical (unpaired) electrons. The maximum Gasteiger partial charge on any atom is 0.243 e. The Kier molecular flexibility index (Phi) is 2.77. The van der Waals surface area contributed by atoms with Crippen molar-refractivity contribution in [3.05, 3.63) is 29.8 Å². The normalized spacial score (nSPS) is 24.4. The number of hydrogen-bond donors (Lipinski definition) is 2. The first-order chi connectivity index (χ1) is 8.66. The van der Waals surface area contributed by atoms with Crippen LogP contribution in [0.3, 0.4) is 0 Å². The fourth-order valence-corrected chi connectivity index (χ4v) is 3.12. The summed E-state index contributed by atoms with van der Waals surface area (Å²) in [5.74, 6) is 0.149. The lowest BCUT2D eigenvalue weighted by atomic mass is 9.99. The molecule has 1 atom stereocenters. The number of hydrogen-bond acceptors (Lipinski definition) is 2. The van der Waals surface area contributed by atoms with Crippen LogP contribution >= 0.6 is 0 Å². The second kappa shape index (κ2) is 4.30. The summed E-state index contributed by atoms with van der Waals surface area (Å²) < 4.78 is 0. The van der Waals surface area contributed by atoms with Gasteiger partial charge in [0.1, 0.15) is 6.04 Å². The van der Waals surface area contributed by atoms with Crippen LogP contribution in [0.1, 0.15) is 38.2 Å². The van der Waals surface area contributed by atoms with Gasteiger partial charge in [0.25, 0.3) is 0 Å². The number of carbonyl (C=O) groups excluding carboxylic acids is 1. The Hall–Kier alpha value is -1.51. The molecule has 3 heteroatoms. The fourth-order valence-electron chi connectivity index (χ4n) is 3.12. The van der Waals surface area contributed by atoms with Gasteiger partial charge in [-0.05, 0) is 31.4 Å². The predicted octanol–water partition coefficient (Wildman–Crippen LogP) is 2.47. The van der Waals surface area contributed by atoms with E-state index in [1.54, 1.807) is 0 Å². The predicted molar refractivity (Wildman–Crippen MR) is 72.6 cm³/mol. The summed E-state index contributed by atoms with van der Waals surface area (Å²) in [5.41, 5.74) is 2.37. The molecule has 1 saturated carbocycles. The zero-order chi connectivity index (χ0) is 12.6. The lowest BCUT2D eigenvalue weighted by molar-refractivity contribution is -0.123. The average Bonchev–Trinajstić information content (AvgIpc) is 2.95. The Bertz CT molecular complexity index is 438. The first-order valence-corrected chi connectivity index (χ1v) is 6.83. The molecule has 0 aromatic heterocycles. The van der Waals surface area contributed by atoms with Gasteiger partial charge in [-0.1, -0.05) is 31.0 Å². The van der Waals surface area contributed by atoms with E-state index in [0.29, 0.717) is 0 Å². The summed E-state index contributed by atoms with van der Waals surface area (Å²) in [4.78, 5) is 12.3. The number of carbonyl (C=O) groups is 1. The van der Waals surface area contributed by atoms with E-state index in [2.05, 4.69) is 23.6 Å². The van der Waals surface area contributed by atoms with Crippen molar-refractivity contribution in [1.82, 2.24) is 5.32 Å². The Balaban J connectivity index is 1.65. The Morgan fingerprint density at radius 2 is 2.06 bits per heavy atom. The lowest BCUT2D eigenvalue weighted by Crippen LogP contribution is -2.49. The Morgan fingerprint density at radius 3 is 2.78 bits per heavy atom. The van der Waals surface area contributed by atoms with Crippen molar-refractivity contribution in [3.8, 4) is 0 Å². The van der Waals surface area contributed by atoms with Gasteiger partial charge in [0.05, 0.1) is 0 Å². The van der Waals surface area contributed by atoms with Crippen LogP contribution in [0.2, 0.25) is 0 Å². The summed E-state index contributed by atoms with van der Waals surface area (Å²) in [7, 11) is 0. The van der Waals surface area contributed by atoms with Crippen molar-refractivity contribution < 1.29 is 4.79 Å². The molecule has 1 aromatic carbocycles. The summed E-state index contributed by atoms with van der Waals surface area (Å²) in [6, 6.07) is 8.07. The van der Waals surface area contributed by atoms with E-state index >= 15 is 0 Å². The highest BCUT2D eigenvalue weighted by Crippen LogP contribution is 2.30. The second-order valence-electron chi connectivity index (χ2n) is 5.82. The number of anilines is 1. The van der Waals surface area contributed by atoms with Gasteiger partial charge in [-0.3, -0.25) is 4.79 Å². The van der Waals surface area contributed by atoms with Crippen molar-refractivity contribution in [1.29, 1.82) is 0 Å². The molecule has 2 N–H and O–H groups in total. The zero-order valence-electron chi connectivity index (χ0n) is 10.8. The number of fused-ring (bicyclic) bond motifs is 1. The minimum Gasteiger partial charge on any atom is -0.373 e. The molecule has 0 unspecified atom stereocenters. The topological polar surface area (TPSA) is 41.1 Å². The second-order valence-corrected chi connectivity index (χ2v) is 5.82. The van der Waals surface area contributed by atoms with Crippen LogP contribution in [0.4, 0.5) is 5.69 Å². The molecule has 0 bridgehead atoms. The van der Waals surface area contributed by atoms with Gasteiger partial charge in [-0.15, -0.1) is 0 Å². The summed E-state index contributed by atoms with van der Waals surface area (Å²) >= 11 is 0. The fraction of sp³-hybridized carbons (Fsp3) is 0.533. The van der Waals surface area contributed by atoms with E-state index in [1.165, 1.54) is 18.4 Å². The molecule has 1 heterocycles. The molecule has 2 aliphatic rings. The van der Waals surface area contributed by atoms with E-state index in [0.717, 1.165) is 24.9 Å².